The van der Waals surface area contributed by atoms with Crippen LogP contribution in [-0.2, 0) is 14.3 Å². The maximum atomic E-state index is 12.5. The van der Waals surface area contributed by atoms with Gasteiger partial charge in [0, 0.05) is 12.8 Å². The normalized spacial score (nSPS) is 12.6. The molecule has 0 saturated carbocycles. The number of ether oxygens (including phenoxy) is 1. The fourth-order valence-electron chi connectivity index (χ4n) is 11.3. The Morgan fingerprint density at radius 3 is 0.910 bits per heavy atom. The summed E-state index contributed by atoms with van der Waals surface area (Å²) in [7, 11) is 0. The van der Waals surface area contributed by atoms with Gasteiger partial charge in [0.1, 0.15) is 0 Å². The first kappa shape index (κ1) is 76.3. The second-order valence-corrected chi connectivity index (χ2v) is 24.6. The average molecular weight is 1100 g/mol. The van der Waals surface area contributed by atoms with Crippen LogP contribution in [0.5, 0.6) is 0 Å². The van der Waals surface area contributed by atoms with Crippen molar-refractivity contribution >= 4 is 11.9 Å². The lowest BCUT2D eigenvalue weighted by Gasteiger charge is -2.22. The molecule has 0 spiro atoms. The van der Waals surface area contributed by atoms with Crippen molar-refractivity contribution in [1.29, 1.82) is 0 Å². The largest absolute Gasteiger partial charge is 0.466 e. The summed E-state index contributed by atoms with van der Waals surface area (Å²) in [5.74, 6) is -0.0163. The predicted molar refractivity (Wildman–Crippen MR) is 343 cm³/mol. The monoisotopic (exact) mass is 1100 g/mol. The molecule has 0 aliphatic carbocycles. The molecule has 1 amide bonds. The van der Waals surface area contributed by atoms with E-state index in [1.165, 1.54) is 327 Å². The number of rotatable bonds is 67. The topological polar surface area (TPSA) is 95.9 Å². The average Bonchev–Trinajstić information content (AvgIpc) is 3.44. The number of aliphatic hydroxyl groups is 2. The number of esters is 1. The number of carbonyl (C=O) groups excluding carboxylic acids is 2. The maximum Gasteiger partial charge on any atom is 0.305 e. The van der Waals surface area contributed by atoms with Crippen LogP contribution in [0.15, 0.2) is 24.3 Å². The molecular weight excluding hydrogens is 959 g/mol. The highest BCUT2D eigenvalue weighted by atomic mass is 16.5. The van der Waals surface area contributed by atoms with Gasteiger partial charge in [-0.15, -0.1) is 0 Å². The van der Waals surface area contributed by atoms with Crippen LogP contribution < -0.4 is 5.32 Å². The van der Waals surface area contributed by atoms with Crippen molar-refractivity contribution in [3.05, 3.63) is 24.3 Å². The Morgan fingerprint density at radius 2 is 0.603 bits per heavy atom. The molecule has 6 heteroatoms. The minimum absolute atomic E-state index is 0.0162. The van der Waals surface area contributed by atoms with Gasteiger partial charge in [-0.1, -0.05) is 334 Å². The molecule has 0 aromatic heterocycles. The predicted octanol–water partition coefficient (Wildman–Crippen LogP) is 22.9. The first-order valence-corrected chi connectivity index (χ1v) is 35.6. The van der Waals surface area contributed by atoms with E-state index < -0.39 is 12.1 Å². The Labute approximate surface area is 488 Å². The lowest BCUT2D eigenvalue weighted by atomic mass is 10.0. The zero-order valence-corrected chi connectivity index (χ0v) is 52.9. The molecular formula is C72H139NO5. The van der Waals surface area contributed by atoms with Crippen LogP contribution in [0.3, 0.4) is 0 Å². The molecule has 0 heterocycles. The standard InChI is InChI=1S/C72H139NO5/c1-3-5-7-9-11-13-15-17-19-20-31-35-38-42-46-50-54-58-62-66-72(77)78-67-63-59-55-51-47-43-39-36-33-30-28-26-24-22-21-23-25-27-29-32-34-37-41-45-49-53-57-61-65-71(76)73-69(68-74)70(75)64-60-56-52-48-44-40-18-16-14-12-10-8-6-4-2/h17,19,21-22,69-70,74-75H,3-16,18,20,23-68H2,1-2H3,(H,73,76)/b19-17-,22-21-. The number of hydrogen-bond donors (Lipinski definition) is 3. The van der Waals surface area contributed by atoms with Crippen LogP contribution in [-0.4, -0.2) is 47.4 Å². The summed E-state index contributed by atoms with van der Waals surface area (Å²) < 4.78 is 5.51. The summed E-state index contributed by atoms with van der Waals surface area (Å²) in [6, 6.07) is -0.541. The van der Waals surface area contributed by atoms with Crippen LogP contribution in [0, 0.1) is 0 Å². The highest BCUT2D eigenvalue weighted by molar-refractivity contribution is 5.76. The summed E-state index contributed by atoms with van der Waals surface area (Å²) in [5.41, 5.74) is 0. The highest BCUT2D eigenvalue weighted by Crippen LogP contribution is 2.19. The molecule has 2 atom stereocenters. The van der Waals surface area contributed by atoms with E-state index in [1.54, 1.807) is 0 Å². The van der Waals surface area contributed by atoms with E-state index in [0.29, 0.717) is 25.9 Å². The first-order chi connectivity index (χ1) is 38.5. The Morgan fingerprint density at radius 1 is 0.346 bits per heavy atom. The van der Waals surface area contributed by atoms with Gasteiger partial charge in [0.25, 0.3) is 0 Å². The molecule has 0 radical (unpaired) electrons. The molecule has 0 aromatic carbocycles. The summed E-state index contributed by atoms with van der Waals surface area (Å²) in [5, 5.41) is 23.3. The quantitative estimate of drug-likeness (QED) is 0.0320. The third-order valence-electron chi connectivity index (χ3n) is 16.7. The van der Waals surface area contributed by atoms with E-state index in [1.807, 2.05) is 0 Å². The maximum absolute atomic E-state index is 12.5. The molecule has 0 aromatic rings. The summed E-state index contributed by atoms with van der Waals surface area (Å²) >= 11 is 0. The molecule has 3 N–H and O–H groups in total. The van der Waals surface area contributed by atoms with Crippen molar-refractivity contribution in [2.24, 2.45) is 0 Å². The smallest absolute Gasteiger partial charge is 0.305 e. The number of amides is 1. The van der Waals surface area contributed by atoms with Gasteiger partial charge in [-0.05, 0) is 77.0 Å². The molecule has 462 valence electrons. The van der Waals surface area contributed by atoms with Gasteiger partial charge in [0.05, 0.1) is 25.4 Å². The van der Waals surface area contributed by atoms with Crippen molar-refractivity contribution in [2.45, 2.75) is 411 Å². The molecule has 0 fully saturated rings. The number of nitrogens with one attached hydrogen (secondary N) is 1. The minimum Gasteiger partial charge on any atom is -0.466 e. The lowest BCUT2D eigenvalue weighted by Crippen LogP contribution is -2.45. The molecule has 0 aliphatic heterocycles. The highest BCUT2D eigenvalue weighted by Gasteiger charge is 2.20. The molecule has 0 bridgehead atoms. The van der Waals surface area contributed by atoms with E-state index in [0.717, 1.165) is 38.5 Å². The first-order valence-electron chi connectivity index (χ1n) is 35.6. The number of allylic oxidation sites excluding steroid dienone is 4. The van der Waals surface area contributed by atoms with Crippen LogP contribution in [0.25, 0.3) is 0 Å². The van der Waals surface area contributed by atoms with Gasteiger partial charge in [-0.25, -0.2) is 0 Å². The molecule has 0 aliphatic rings. The summed E-state index contributed by atoms with van der Waals surface area (Å²) in [6.45, 7) is 4.98. The Kier molecular flexibility index (Phi) is 66.4. The van der Waals surface area contributed by atoms with E-state index in [-0.39, 0.29) is 18.5 Å². The molecule has 2 unspecified atom stereocenters. The van der Waals surface area contributed by atoms with E-state index in [4.69, 9.17) is 4.74 Å². The van der Waals surface area contributed by atoms with Crippen molar-refractivity contribution in [3.63, 3.8) is 0 Å². The van der Waals surface area contributed by atoms with Gasteiger partial charge in [0.2, 0.25) is 5.91 Å². The minimum atomic E-state index is -0.663. The van der Waals surface area contributed by atoms with Gasteiger partial charge in [0.15, 0.2) is 0 Å². The number of unbranched alkanes of at least 4 members (excludes halogenated alkanes) is 52. The van der Waals surface area contributed by atoms with Gasteiger partial charge in [-0.2, -0.15) is 0 Å². The molecule has 78 heavy (non-hydrogen) atoms. The molecule has 0 rings (SSSR count). The van der Waals surface area contributed by atoms with Gasteiger partial charge < -0.3 is 20.3 Å². The van der Waals surface area contributed by atoms with Crippen molar-refractivity contribution < 1.29 is 24.5 Å². The number of hydrogen-bond acceptors (Lipinski definition) is 5. The van der Waals surface area contributed by atoms with Crippen molar-refractivity contribution in [2.75, 3.05) is 13.2 Å². The fraction of sp³-hybridized carbons (Fsp3) is 0.917. The van der Waals surface area contributed by atoms with Crippen LogP contribution >= 0.6 is 0 Å². The third kappa shape index (κ3) is 63.5. The Bertz CT molecular complexity index is 1220. The van der Waals surface area contributed by atoms with Crippen LogP contribution in [0.2, 0.25) is 0 Å². The van der Waals surface area contributed by atoms with Crippen LogP contribution in [0.1, 0.15) is 399 Å². The van der Waals surface area contributed by atoms with Gasteiger partial charge in [-0.3, -0.25) is 9.59 Å². The second-order valence-electron chi connectivity index (χ2n) is 24.6. The Balaban J connectivity index is 3.35. The second kappa shape index (κ2) is 67.8. The molecule has 6 nitrogen and oxygen atoms in total. The number of aliphatic hydroxyl groups excluding tert-OH is 2. The lowest BCUT2D eigenvalue weighted by molar-refractivity contribution is -0.143. The van der Waals surface area contributed by atoms with Crippen LogP contribution in [0.4, 0.5) is 0 Å². The number of carbonyl (C=O) groups is 2. The zero-order valence-electron chi connectivity index (χ0n) is 52.9. The summed E-state index contributed by atoms with van der Waals surface area (Å²) in [4.78, 5) is 24.6. The fourth-order valence-corrected chi connectivity index (χ4v) is 11.3. The van der Waals surface area contributed by atoms with Crippen molar-refractivity contribution in [1.82, 2.24) is 5.32 Å². The summed E-state index contributed by atoms with van der Waals surface area (Å²) in [6.07, 6.45) is 85.1. The van der Waals surface area contributed by atoms with E-state index >= 15 is 0 Å². The SMILES string of the molecule is CCCCCCCC/C=C\CCCCCCCCCCCC(=O)OCCCCCCCCCCCCCC/C=C\CCCCCCCCCCCCCCC(=O)NC(CO)C(O)CCCCCCCCCCCCCCCC. The van der Waals surface area contributed by atoms with Gasteiger partial charge >= 0.3 is 5.97 Å². The van der Waals surface area contributed by atoms with E-state index in [2.05, 4.69) is 43.5 Å². The third-order valence-corrected chi connectivity index (χ3v) is 16.7. The van der Waals surface area contributed by atoms with E-state index in [9.17, 15) is 19.8 Å². The Hall–Kier alpha value is -1.66. The zero-order chi connectivity index (χ0) is 56.4. The molecule has 0 saturated heterocycles. The van der Waals surface area contributed by atoms with Crippen molar-refractivity contribution in [3.8, 4) is 0 Å².